The van der Waals surface area contributed by atoms with E-state index < -0.39 is 6.04 Å². The van der Waals surface area contributed by atoms with Crippen LogP contribution < -0.4 is 20.5 Å². The maximum absolute atomic E-state index is 12.3. The Hall–Kier alpha value is -2.64. The van der Waals surface area contributed by atoms with Gasteiger partial charge in [-0.1, -0.05) is 12.1 Å². The first-order valence-corrected chi connectivity index (χ1v) is 9.03. The van der Waals surface area contributed by atoms with E-state index in [4.69, 9.17) is 19.9 Å². The fourth-order valence-corrected chi connectivity index (χ4v) is 2.96. The third-order valence-electron chi connectivity index (χ3n) is 4.60. The van der Waals surface area contributed by atoms with Crippen LogP contribution in [0.1, 0.15) is 18.4 Å². The first kappa shape index (κ1) is 19.1. The summed E-state index contributed by atoms with van der Waals surface area (Å²) in [6.45, 7) is 1.72. The zero-order chi connectivity index (χ0) is 19.1. The van der Waals surface area contributed by atoms with Gasteiger partial charge in [0.15, 0.2) is 0 Å². The van der Waals surface area contributed by atoms with E-state index in [2.05, 4.69) is 10.3 Å². The van der Waals surface area contributed by atoms with E-state index in [1.54, 1.807) is 25.4 Å². The van der Waals surface area contributed by atoms with Crippen molar-refractivity contribution in [3.05, 3.63) is 48.2 Å². The maximum Gasteiger partial charge on any atom is 0.237 e. The van der Waals surface area contributed by atoms with E-state index in [0.29, 0.717) is 37.1 Å². The highest BCUT2D eigenvalue weighted by Crippen LogP contribution is 2.24. The molecular formula is C20H25N3O4. The van der Waals surface area contributed by atoms with Gasteiger partial charge in [0.25, 0.3) is 0 Å². The van der Waals surface area contributed by atoms with Crippen LogP contribution in [0.2, 0.25) is 0 Å². The van der Waals surface area contributed by atoms with Gasteiger partial charge >= 0.3 is 0 Å². The Balaban J connectivity index is 1.50. The molecule has 2 aromatic rings. The van der Waals surface area contributed by atoms with E-state index in [1.165, 1.54) is 0 Å². The molecule has 2 heterocycles. The SMILES string of the molecule is COc1cccc(Oc2ccc(CNC(=O)C(N)C3CCOCC3)cn2)c1. The van der Waals surface area contributed by atoms with E-state index in [0.717, 1.165) is 18.4 Å². The van der Waals surface area contributed by atoms with Crippen LogP contribution in [-0.2, 0) is 16.1 Å². The molecule has 144 valence electrons. The predicted octanol–water partition coefficient (Wildman–Crippen LogP) is 2.25. The van der Waals surface area contributed by atoms with Gasteiger partial charge in [-0.2, -0.15) is 0 Å². The lowest BCUT2D eigenvalue weighted by Gasteiger charge is -2.26. The number of carbonyl (C=O) groups is 1. The lowest BCUT2D eigenvalue weighted by Crippen LogP contribution is -2.46. The first-order chi connectivity index (χ1) is 13.2. The number of carbonyl (C=O) groups excluding carboxylic acids is 1. The van der Waals surface area contributed by atoms with Crippen molar-refractivity contribution >= 4 is 5.91 Å². The van der Waals surface area contributed by atoms with Crippen molar-refractivity contribution in [2.45, 2.75) is 25.4 Å². The summed E-state index contributed by atoms with van der Waals surface area (Å²) in [5, 5.41) is 2.88. The quantitative estimate of drug-likeness (QED) is 0.775. The van der Waals surface area contributed by atoms with Gasteiger partial charge < -0.3 is 25.3 Å². The zero-order valence-corrected chi connectivity index (χ0v) is 15.4. The van der Waals surface area contributed by atoms with Crippen LogP contribution in [-0.4, -0.2) is 37.3 Å². The minimum Gasteiger partial charge on any atom is -0.497 e. The van der Waals surface area contributed by atoms with Crippen molar-refractivity contribution in [3.63, 3.8) is 0 Å². The summed E-state index contributed by atoms with van der Waals surface area (Å²) in [6.07, 6.45) is 3.33. The molecule has 0 aliphatic carbocycles. The molecule has 0 spiro atoms. The van der Waals surface area contributed by atoms with Crippen LogP contribution in [0.4, 0.5) is 0 Å². The van der Waals surface area contributed by atoms with Crippen LogP contribution in [0.5, 0.6) is 17.4 Å². The molecule has 1 aromatic carbocycles. The second kappa shape index (κ2) is 9.34. The molecule has 1 amide bonds. The zero-order valence-electron chi connectivity index (χ0n) is 15.4. The number of aromatic nitrogens is 1. The van der Waals surface area contributed by atoms with Crippen molar-refractivity contribution in [2.75, 3.05) is 20.3 Å². The molecule has 1 aliphatic rings. The van der Waals surface area contributed by atoms with Crippen LogP contribution in [0.25, 0.3) is 0 Å². The fraction of sp³-hybridized carbons (Fsp3) is 0.400. The molecule has 3 rings (SSSR count). The molecule has 7 heteroatoms. The molecule has 1 saturated heterocycles. The van der Waals surface area contributed by atoms with Crippen molar-refractivity contribution in [1.82, 2.24) is 10.3 Å². The number of amides is 1. The number of nitrogens with one attached hydrogen (secondary N) is 1. The number of ether oxygens (including phenoxy) is 3. The van der Waals surface area contributed by atoms with Crippen LogP contribution >= 0.6 is 0 Å². The van der Waals surface area contributed by atoms with Crippen LogP contribution in [0.3, 0.4) is 0 Å². The molecule has 1 aromatic heterocycles. The van der Waals surface area contributed by atoms with Crippen molar-refractivity contribution < 1.29 is 19.0 Å². The molecule has 0 radical (unpaired) electrons. The Morgan fingerprint density at radius 3 is 2.78 bits per heavy atom. The average Bonchev–Trinajstić information content (AvgIpc) is 2.73. The number of rotatable bonds is 7. The summed E-state index contributed by atoms with van der Waals surface area (Å²) in [5.74, 6) is 1.87. The van der Waals surface area contributed by atoms with E-state index in [-0.39, 0.29) is 11.8 Å². The van der Waals surface area contributed by atoms with Gasteiger partial charge in [-0.15, -0.1) is 0 Å². The normalized spacial score (nSPS) is 15.8. The lowest BCUT2D eigenvalue weighted by atomic mass is 9.92. The molecule has 7 nitrogen and oxygen atoms in total. The molecule has 1 aliphatic heterocycles. The van der Waals surface area contributed by atoms with Gasteiger partial charge in [0.05, 0.1) is 13.2 Å². The molecule has 1 atom stereocenters. The highest BCUT2D eigenvalue weighted by Gasteiger charge is 2.26. The Labute approximate surface area is 158 Å². The highest BCUT2D eigenvalue weighted by atomic mass is 16.5. The number of benzene rings is 1. The second-order valence-corrected chi connectivity index (χ2v) is 6.48. The third-order valence-corrected chi connectivity index (χ3v) is 4.60. The first-order valence-electron chi connectivity index (χ1n) is 9.03. The average molecular weight is 371 g/mol. The van der Waals surface area contributed by atoms with E-state index >= 15 is 0 Å². The summed E-state index contributed by atoms with van der Waals surface area (Å²) in [7, 11) is 1.61. The Kier molecular flexibility index (Phi) is 6.62. The number of pyridine rings is 1. The number of hydrogen-bond acceptors (Lipinski definition) is 6. The van der Waals surface area contributed by atoms with Gasteiger partial charge in [0, 0.05) is 38.1 Å². The minimum absolute atomic E-state index is 0.140. The number of hydrogen-bond donors (Lipinski definition) is 2. The largest absolute Gasteiger partial charge is 0.497 e. The van der Waals surface area contributed by atoms with Gasteiger partial charge in [-0.05, 0) is 36.5 Å². The summed E-state index contributed by atoms with van der Waals surface area (Å²) in [5.41, 5.74) is 6.95. The number of nitrogens with two attached hydrogens (primary N) is 1. The summed E-state index contributed by atoms with van der Waals surface area (Å²) < 4.78 is 16.2. The number of nitrogens with zero attached hydrogens (tertiary/aromatic N) is 1. The fourth-order valence-electron chi connectivity index (χ4n) is 2.96. The van der Waals surface area contributed by atoms with Gasteiger partial charge in [0.1, 0.15) is 11.5 Å². The predicted molar refractivity (Wildman–Crippen MR) is 101 cm³/mol. The highest BCUT2D eigenvalue weighted by molar-refractivity contribution is 5.81. The molecule has 27 heavy (non-hydrogen) atoms. The monoisotopic (exact) mass is 371 g/mol. The van der Waals surface area contributed by atoms with E-state index in [1.807, 2.05) is 24.3 Å². The smallest absolute Gasteiger partial charge is 0.237 e. The standard InChI is InChI=1S/C20H25N3O4/c1-25-16-3-2-4-17(11-16)27-18-6-5-14(12-22-18)13-23-20(24)19(21)15-7-9-26-10-8-15/h2-6,11-12,15,19H,7-10,13,21H2,1H3,(H,23,24). The van der Waals surface area contributed by atoms with Gasteiger partial charge in [-0.25, -0.2) is 4.98 Å². The Bertz CT molecular complexity index is 745. The van der Waals surface area contributed by atoms with Crippen LogP contribution in [0, 0.1) is 5.92 Å². The van der Waals surface area contributed by atoms with Crippen molar-refractivity contribution in [2.24, 2.45) is 11.7 Å². The summed E-state index contributed by atoms with van der Waals surface area (Å²) in [4.78, 5) is 16.5. The molecule has 0 saturated carbocycles. The van der Waals surface area contributed by atoms with E-state index in [9.17, 15) is 4.79 Å². The molecule has 1 fully saturated rings. The van der Waals surface area contributed by atoms with Crippen molar-refractivity contribution in [3.8, 4) is 17.4 Å². The summed E-state index contributed by atoms with van der Waals surface area (Å²) in [6, 6.07) is 10.4. The minimum atomic E-state index is -0.502. The summed E-state index contributed by atoms with van der Waals surface area (Å²) >= 11 is 0. The molecule has 3 N–H and O–H groups in total. The Morgan fingerprint density at radius 1 is 1.30 bits per heavy atom. The lowest BCUT2D eigenvalue weighted by molar-refractivity contribution is -0.124. The van der Waals surface area contributed by atoms with Crippen molar-refractivity contribution in [1.29, 1.82) is 0 Å². The maximum atomic E-state index is 12.3. The molecule has 0 bridgehead atoms. The molecule has 1 unspecified atom stereocenters. The van der Waals surface area contributed by atoms with Gasteiger partial charge in [0.2, 0.25) is 11.8 Å². The van der Waals surface area contributed by atoms with Gasteiger partial charge in [-0.3, -0.25) is 4.79 Å². The number of methoxy groups -OCH3 is 1. The van der Waals surface area contributed by atoms with Crippen LogP contribution in [0.15, 0.2) is 42.6 Å². The Morgan fingerprint density at radius 2 is 2.07 bits per heavy atom. The molecular weight excluding hydrogens is 346 g/mol. The topological polar surface area (TPSA) is 95.7 Å². The third kappa shape index (κ3) is 5.42. The second-order valence-electron chi connectivity index (χ2n) is 6.48.